The molecule has 1 fully saturated rings. The third-order valence-electron chi connectivity index (χ3n) is 3.14. The summed E-state index contributed by atoms with van der Waals surface area (Å²) in [5, 5.41) is 0. The van der Waals surface area contributed by atoms with Gasteiger partial charge in [0.25, 0.3) is 0 Å². The minimum Gasteiger partial charge on any atom is -0.379 e. The summed E-state index contributed by atoms with van der Waals surface area (Å²) in [6.07, 6.45) is 1.59. The van der Waals surface area contributed by atoms with Gasteiger partial charge < -0.3 is 10.5 Å². The van der Waals surface area contributed by atoms with Gasteiger partial charge in [-0.15, -0.1) is 0 Å². The van der Waals surface area contributed by atoms with Gasteiger partial charge in [0.2, 0.25) is 0 Å². The Bertz CT molecular complexity index is 420. The molecule has 17 heavy (non-hydrogen) atoms. The van der Waals surface area contributed by atoms with Crippen molar-refractivity contribution in [3.8, 4) is 0 Å². The van der Waals surface area contributed by atoms with Gasteiger partial charge >= 0.3 is 0 Å². The lowest BCUT2D eigenvalue weighted by Gasteiger charge is -2.23. The summed E-state index contributed by atoms with van der Waals surface area (Å²) in [5.41, 5.74) is 5.82. The van der Waals surface area contributed by atoms with Crippen LogP contribution in [-0.4, -0.2) is 13.2 Å². The molecule has 0 aromatic heterocycles. The van der Waals surface area contributed by atoms with Crippen LogP contribution < -0.4 is 5.73 Å². The second-order valence-corrected chi connectivity index (χ2v) is 4.33. The van der Waals surface area contributed by atoms with Gasteiger partial charge in [-0.05, 0) is 24.8 Å². The van der Waals surface area contributed by atoms with Gasteiger partial charge in [-0.25, -0.2) is 13.2 Å². The van der Waals surface area contributed by atoms with Gasteiger partial charge in [0, 0.05) is 12.7 Å². The predicted molar refractivity (Wildman–Crippen MR) is 56.8 cm³/mol. The molecule has 1 aliphatic carbocycles. The van der Waals surface area contributed by atoms with Crippen LogP contribution in [0.3, 0.4) is 0 Å². The molecule has 0 amide bonds. The lowest BCUT2D eigenvalue weighted by Crippen LogP contribution is -2.31. The van der Waals surface area contributed by atoms with Crippen molar-refractivity contribution in [2.75, 3.05) is 7.11 Å². The molecule has 2 nitrogen and oxygen atoms in total. The lowest BCUT2D eigenvalue weighted by atomic mass is 9.98. The van der Waals surface area contributed by atoms with E-state index in [1.165, 1.54) is 13.2 Å². The molecule has 1 aromatic carbocycles. The number of hydrogen-bond donors (Lipinski definition) is 1. The fraction of sp³-hybridized carbons (Fsp3) is 0.500. The van der Waals surface area contributed by atoms with Crippen molar-refractivity contribution in [1.29, 1.82) is 0 Å². The molecule has 94 valence electrons. The number of hydrogen-bond acceptors (Lipinski definition) is 2. The Morgan fingerprint density at radius 3 is 2.41 bits per heavy atom. The summed E-state index contributed by atoms with van der Waals surface area (Å²) in [5.74, 6) is -3.63. The third kappa shape index (κ3) is 2.30. The summed E-state index contributed by atoms with van der Waals surface area (Å²) in [6, 6.07) is 1.28. The highest BCUT2D eigenvalue weighted by Crippen LogP contribution is 2.39. The van der Waals surface area contributed by atoms with Crippen LogP contribution in [0.5, 0.6) is 0 Å². The third-order valence-corrected chi connectivity index (χ3v) is 3.14. The minimum atomic E-state index is -1.48. The van der Waals surface area contributed by atoms with Crippen LogP contribution in [-0.2, 0) is 4.74 Å². The van der Waals surface area contributed by atoms with E-state index < -0.39 is 23.5 Å². The molecule has 0 bridgehead atoms. The average Bonchev–Trinajstić information content (AvgIpc) is 3.11. The fourth-order valence-corrected chi connectivity index (χ4v) is 2.03. The summed E-state index contributed by atoms with van der Waals surface area (Å²) < 4.78 is 44.6. The molecular formula is C12H14F3NO. The molecule has 1 aromatic rings. The molecule has 5 heteroatoms. The Balaban J connectivity index is 2.29. The largest absolute Gasteiger partial charge is 0.379 e. The van der Waals surface area contributed by atoms with E-state index in [1.807, 2.05) is 0 Å². The Labute approximate surface area is 97.6 Å². The van der Waals surface area contributed by atoms with E-state index in [0.717, 1.165) is 18.9 Å². The maximum absolute atomic E-state index is 13.5. The van der Waals surface area contributed by atoms with Gasteiger partial charge in [-0.1, -0.05) is 6.07 Å². The van der Waals surface area contributed by atoms with Crippen molar-refractivity contribution in [3.63, 3.8) is 0 Å². The quantitative estimate of drug-likeness (QED) is 0.827. The topological polar surface area (TPSA) is 35.2 Å². The average molecular weight is 245 g/mol. The predicted octanol–water partition coefficient (Wildman–Crippen LogP) is 2.53. The van der Waals surface area contributed by atoms with Gasteiger partial charge in [-0.3, -0.25) is 0 Å². The van der Waals surface area contributed by atoms with Crippen LogP contribution >= 0.6 is 0 Å². The zero-order chi connectivity index (χ0) is 12.6. The number of methoxy groups -OCH3 is 1. The van der Waals surface area contributed by atoms with Crippen LogP contribution in [0.4, 0.5) is 13.2 Å². The second kappa shape index (κ2) is 4.66. The lowest BCUT2D eigenvalue weighted by molar-refractivity contribution is 0.0612. The fourth-order valence-electron chi connectivity index (χ4n) is 2.03. The number of ether oxygens (including phenoxy) is 1. The van der Waals surface area contributed by atoms with Crippen molar-refractivity contribution >= 4 is 0 Å². The Hall–Kier alpha value is -1.07. The Morgan fingerprint density at radius 1 is 1.24 bits per heavy atom. The van der Waals surface area contributed by atoms with Crippen molar-refractivity contribution in [3.05, 3.63) is 35.1 Å². The van der Waals surface area contributed by atoms with E-state index in [0.29, 0.717) is 0 Å². The van der Waals surface area contributed by atoms with Gasteiger partial charge in [0.1, 0.15) is 0 Å². The maximum atomic E-state index is 13.5. The minimum absolute atomic E-state index is 0.0392. The van der Waals surface area contributed by atoms with E-state index in [2.05, 4.69) is 0 Å². The van der Waals surface area contributed by atoms with Crippen molar-refractivity contribution in [1.82, 2.24) is 0 Å². The van der Waals surface area contributed by atoms with Crippen LogP contribution in [0.15, 0.2) is 12.1 Å². The number of halogens is 3. The zero-order valence-corrected chi connectivity index (χ0v) is 9.42. The Kier molecular flexibility index (Phi) is 3.40. The highest BCUT2D eigenvalue weighted by atomic mass is 19.2. The van der Waals surface area contributed by atoms with E-state index in [9.17, 15) is 13.2 Å². The Morgan fingerprint density at radius 2 is 1.88 bits per heavy atom. The second-order valence-electron chi connectivity index (χ2n) is 4.33. The molecule has 0 saturated heterocycles. The first-order valence-electron chi connectivity index (χ1n) is 5.48. The van der Waals surface area contributed by atoms with E-state index >= 15 is 0 Å². The summed E-state index contributed by atoms with van der Waals surface area (Å²) in [4.78, 5) is 0. The van der Waals surface area contributed by atoms with Gasteiger partial charge in [-0.2, -0.15) is 0 Å². The van der Waals surface area contributed by atoms with Crippen molar-refractivity contribution < 1.29 is 17.9 Å². The van der Waals surface area contributed by atoms with E-state index in [-0.39, 0.29) is 17.6 Å². The molecule has 1 aliphatic rings. The summed E-state index contributed by atoms with van der Waals surface area (Å²) >= 11 is 0. The van der Waals surface area contributed by atoms with Crippen LogP contribution in [0.2, 0.25) is 0 Å². The number of benzene rings is 1. The van der Waals surface area contributed by atoms with Gasteiger partial charge in [0.05, 0.1) is 12.1 Å². The molecule has 0 heterocycles. The molecule has 1 saturated carbocycles. The van der Waals surface area contributed by atoms with Gasteiger partial charge in [0.15, 0.2) is 17.5 Å². The van der Waals surface area contributed by atoms with Crippen LogP contribution in [0, 0.1) is 23.4 Å². The first kappa shape index (κ1) is 12.4. The molecule has 2 rings (SSSR count). The maximum Gasteiger partial charge on any atom is 0.194 e. The highest BCUT2D eigenvalue weighted by Gasteiger charge is 2.37. The number of rotatable bonds is 4. The smallest absolute Gasteiger partial charge is 0.194 e. The molecule has 0 radical (unpaired) electrons. The molecule has 0 aliphatic heterocycles. The number of nitrogens with two attached hydrogens (primary N) is 1. The summed E-state index contributed by atoms with van der Waals surface area (Å²) in [6.45, 7) is 0. The molecular weight excluding hydrogens is 231 g/mol. The van der Waals surface area contributed by atoms with Crippen molar-refractivity contribution in [2.24, 2.45) is 11.7 Å². The standard InChI is InChI=1S/C12H14F3NO/c1-17-12(6-2-3-6)11(16)7-4-5-8(13)10(15)9(7)14/h4-6,11-12H,2-3,16H2,1H3. The molecule has 2 N–H and O–H groups in total. The normalized spacial score (nSPS) is 19.1. The molecule has 2 atom stereocenters. The zero-order valence-electron chi connectivity index (χ0n) is 9.42. The SMILES string of the molecule is COC(C1CC1)C(N)c1ccc(F)c(F)c1F. The highest BCUT2D eigenvalue weighted by molar-refractivity contribution is 5.25. The van der Waals surface area contributed by atoms with Crippen molar-refractivity contribution in [2.45, 2.75) is 25.0 Å². The monoisotopic (exact) mass is 245 g/mol. The van der Waals surface area contributed by atoms with Crippen LogP contribution in [0.25, 0.3) is 0 Å². The van der Waals surface area contributed by atoms with E-state index in [1.54, 1.807) is 0 Å². The molecule has 0 spiro atoms. The van der Waals surface area contributed by atoms with E-state index in [4.69, 9.17) is 10.5 Å². The first-order chi connectivity index (χ1) is 8.06. The molecule has 2 unspecified atom stereocenters. The first-order valence-corrected chi connectivity index (χ1v) is 5.48. The van der Waals surface area contributed by atoms with Crippen LogP contribution in [0.1, 0.15) is 24.4 Å². The summed E-state index contributed by atoms with van der Waals surface area (Å²) in [7, 11) is 1.49.